The number of carbonyl (C=O) groups excluding carboxylic acids is 3. The van der Waals surface area contributed by atoms with Crippen molar-refractivity contribution in [2.45, 2.75) is 131 Å². The van der Waals surface area contributed by atoms with E-state index in [0.29, 0.717) is 39.4 Å². The Morgan fingerprint density at radius 3 is 1.14 bits per heavy atom. The van der Waals surface area contributed by atoms with Crippen molar-refractivity contribution in [3.8, 4) is 60.2 Å². The van der Waals surface area contributed by atoms with Gasteiger partial charge in [0.05, 0.1) is 45.3 Å². The number of halogens is 10. The third kappa shape index (κ3) is 26.7. The molecule has 9 aromatic heterocycles. The zero-order valence-electron chi connectivity index (χ0n) is 62.4. The van der Waals surface area contributed by atoms with Gasteiger partial charge >= 0.3 is 0 Å². The van der Waals surface area contributed by atoms with Gasteiger partial charge in [0.2, 0.25) is 0 Å². The summed E-state index contributed by atoms with van der Waals surface area (Å²) < 4.78 is 149. The van der Waals surface area contributed by atoms with Crippen molar-refractivity contribution < 1.29 is 66.0 Å². The number of amides is 3. The molecule has 34 heteroatoms. The van der Waals surface area contributed by atoms with E-state index in [1.165, 1.54) is 61.0 Å². The molecule has 12 rings (SSSR count). The van der Waals surface area contributed by atoms with Crippen molar-refractivity contribution >= 4 is 153 Å². The molecule has 0 aromatic carbocycles. The summed E-state index contributed by atoms with van der Waals surface area (Å²) in [6, 6.07) is 22.0. The molecule has 3 amide bonds. The smallest absolute Gasteiger partial charge is 0.255 e. The fourth-order valence-corrected chi connectivity index (χ4v) is 10.9. The highest BCUT2D eigenvalue weighted by Gasteiger charge is 2.39. The van der Waals surface area contributed by atoms with E-state index >= 15 is 0 Å². The third-order valence-corrected chi connectivity index (χ3v) is 25.3. The lowest BCUT2D eigenvalue weighted by molar-refractivity contribution is -0.0503. The first-order chi connectivity index (χ1) is 51.3. The number of nitrogens with one attached hydrogen (secondary N) is 1. The van der Waals surface area contributed by atoms with Crippen molar-refractivity contribution in [2.24, 2.45) is 0 Å². The highest BCUT2D eigenvalue weighted by molar-refractivity contribution is 14.1. The summed E-state index contributed by atoms with van der Waals surface area (Å²) in [7, 11) is -9.51. The molecule has 9 aromatic rings. The van der Waals surface area contributed by atoms with Crippen LogP contribution in [0.5, 0.6) is 0 Å². The van der Waals surface area contributed by atoms with Gasteiger partial charge in [0.15, 0.2) is 29.5 Å². The molecule has 0 radical (unpaired) electrons. The van der Waals surface area contributed by atoms with Crippen molar-refractivity contribution in [1.29, 1.82) is 0 Å². The predicted octanol–water partition coefficient (Wildman–Crippen LogP) is 14.8. The minimum absolute atomic E-state index is 0.0210. The zero-order chi connectivity index (χ0) is 83.1. The van der Waals surface area contributed by atoms with Gasteiger partial charge in [-0.2, -0.15) is 0 Å². The van der Waals surface area contributed by atoms with Gasteiger partial charge in [-0.3, -0.25) is 23.5 Å². The lowest BCUT2D eigenvalue weighted by Gasteiger charge is -2.31. The second-order valence-electron chi connectivity index (χ2n) is 27.8. The molecule has 3 aliphatic rings. The van der Waals surface area contributed by atoms with Crippen molar-refractivity contribution in [3.63, 3.8) is 0 Å². The number of aromatic amines is 1. The number of alkyl halides is 7. The number of likely N-dealkylation sites (tertiary alicyclic amines) is 3. The van der Waals surface area contributed by atoms with Gasteiger partial charge in [0, 0.05) is 161 Å². The van der Waals surface area contributed by atoms with Gasteiger partial charge in [0.1, 0.15) is 44.3 Å². The topological polar surface area (TPSA) is 266 Å². The number of fused-ring (bicyclic) bond motifs is 3. The van der Waals surface area contributed by atoms with Crippen LogP contribution in [0.3, 0.4) is 0 Å². The number of carbonyl (C=O) groups is 3. The number of hydrogen-bond acceptors (Lipinski definition) is 15. The van der Waals surface area contributed by atoms with Crippen LogP contribution in [0.4, 0.5) is 26.3 Å². The number of sulfone groups is 3. The second kappa shape index (κ2) is 37.6. The summed E-state index contributed by atoms with van der Waals surface area (Å²) in [5.74, 6) is 3.50. The molecule has 1 N–H and O–H groups in total. The standard InChI is InChI=1S/C24H24F2N4O3S.C18H15F2IN4O.C13H13F2N3O.2C6H10O2S.C5H3BrIN.C5H7Cl/c1-23(2,34(3,32)33)8-6-19-4-5-20(16-27-19)30-11-7-17-14-18(15-28-21(17)30)22(31)29-12-9-24(25,26)10-13-29;19-18(20)4-7-24(8-5-18)17(26)13-9-12-3-6-25(16(12)23-10-13)14-1-2-15(21)22-11-14;14-13(15)2-5-18(6-3-13)12(19)10-7-9-1-4-16-11(9)17-8-10;2*1-5-6(2,3)9(4,7)8;6-4-1-2-5(7)8-3-4;1-4-5(2,3)6/h4-5,7,11,14-16H,9-10,12-13H2,1-3H3;1-3,6,9-11H,4-5,7-8H2;1,4,7-8H,2-3,5-6H2,(H,16,17);2*1H,2-4H3;1-3H;1H,2-3H3. The van der Waals surface area contributed by atoms with E-state index in [0.717, 1.165) is 58.1 Å². The van der Waals surface area contributed by atoms with E-state index in [2.05, 4.69) is 126 Å². The Kier molecular flexibility index (Phi) is 31.1. The largest absolute Gasteiger partial charge is 0.346 e. The molecule has 0 atom stereocenters. The Bertz CT molecular complexity index is 5280. The molecular formula is C77H82BrClF6I2N12O9S3. The average molecular weight is 1900 g/mol. The number of pyridine rings is 6. The highest BCUT2D eigenvalue weighted by atomic mass is 127. The van der Waals surface area contributed by atoms with Gasteiger partial charge < -0.3 is 19.7 Å². The molecule has 3 saturated heterocycles. The quantitative estimate of drug-likeness (QED) is 0.0487. The minimum Gasteiger partial charge on any atom is -0.346 e. The van der Waals surface area contributed by atoms with Crippen molar-refractivity contribution in [2.75, 3.05) is 58.0 Å². The van der Waals surface area contributed by atoms with Gasteiger partial charge in [-0.1, -0.05) is 23.7 Å². The average Bonchev–Trinajstić information content (AvgIpc) is 1.64. The lowest BCUT2D eigenvalue weighted by atomic mass is 10.1. The molecule has 0 bridgehead atoms. The molecule has 21 nitrogen and oxygen atoms in total. The first-order valence-corrected chi connectivity index (χ1v) is 42.8. The van der Waals surface area contributed by atoms with E-state index in [4.69, 9.17) is 30.9 Å². The van der Waals surface area contributed by atoms with Gasteiger partial charge in [-0.05, 0) is 195 Å². The van der Waals surface area contributed by atoms with Crippen LogP contribution >= 0.6 is 72.7 Å². The summed E-state index contributed by atoms with van der Waals surface area (Å²) in [6.07, 6.45) is 31.5. The Balaban J connectivity index is 0.000000221. The number of aromatic nitrogens is 9. The summed E-state index contributed by atoms with van der Waals surface area (Å²) >= 11 is 13.1. The van der Waals surface area contributed by atoms with E-state index in [-0.39, 0.29) is 95.5 Å². The molecule has 0 aliphatic carbocycles. The molecule has 3 fully saturated rings. The van der Waals surface area contributed by atoms with Crippen LogP contribution in [0.25, 0.3) is 44.5 Å². The van der Waals surface area contributed by atoms with Crippen LogP contribution in [0.15, 0.2) is 133 Å². The van der Waals surface area contributed by atoms with E-state index in [9.17, 15) is 66.0 Å². The van der Waals surface area contributed by atoms with Gasteiger partial charge in [0.25, 0.3) is 35.5 Å². The number of rotatable bonds is 8. The number of nitrogens with zero attached hydrogens (tertiary/aromatic N) is 11. The molecule has 111 heavy (non-hydrogen) atoms. The number of H-pyrrole nitrogens is 1. The molecule has 0 saturated carbocycles. The summed E-state index contributed by atoms with van der Waals surface area (Å²) in [4.78, 5) is 70.0. The minimum atomic E-state index is -3.34. The van der Waals surface area contributed by atoms with Crippen LogP contribution in [0.2, 0.25) is 0 Å². The third-order valence-electron chi connectivity index (χ3n) is 17.6. The van der Waals surface area contributed by atoms with E-state index < -0.39 is 66.4 Å². The molecule has 0 unspecified atom stereocenters. The van der Waals surface area contributed by atoms with Crippen LogP contribution in [-0.2, 0) is 29.5 Å². The molecule has 3 aliphatic heterocycles. The summed E-state index contributed by atoms with van der Waals surface area (Å²) in [6.45, 7) is 13.0. The maximum absolute atomic E-state index is 13.4. The number of hydrogen-bond donors (Lipinski definition) is 1. The lowest BCUT2D eigenvalue weighted by Crippen LogP contribution is -2.42. The molecule has 12 heterocycles. The summed E-state index contributed by atoms with van der Waals surface area (Å²) in [5, 5.41) is 2.39. The fourth-order valence-electron chi connectivity index (χ4n) is 9.41. The zero-order valence-corrected chi connectivity index (χ0v) is 71.5. The second-order valence-corrected chi connectivity index (χ2v) is 39.5. The van der Waals surface area contributed by atoms with Crippen LogP contribution in [0, 0.1) is 56.3 Å². The Hall–Kier alpha value is -8.17. The van der Waals surface area contributed by atoms with Crippen molar-refractivity contribution in [1.82, 2.24) is 58.7 Å². The van der Waals surface area contributed by atoms with Crippen molar-refractivity contribution in [3.05, 3.63) is 163 Å². The maximum atomic E-state index is 13.4. The van der Waals surface area contributed by atoms with E-state index in [1.54, 1.807) is 93.6 Å². The van der Waals surface area contributed by atoms with Crippen LogP contribution < -0.4 is 0 Å². The SMILES string of the molecule is Brc1ccc(I)nc1.C#CC(C)(C)Cl.C#CC(C)(C)S(C)(=O)=O.C#CC(C)(C)S(C)(=O)=O.CC(C)(C#Cc1ccc(-n2ccc3cc(C(=O)N4CCC(F)(F)CC4)cnc32)cn1)S(C)(=O)=O.O=C(c1cnc2[nH]ccc2c1)N1CCC(F)(F)CC1.O=C(c1cnc2c(ccn2-c2ccc(I)nc2)c1)N1CCC(F)(F)CC1. The highest BCUT2D eigenvalue weighted by Crippen LogP contribution is 2.33. The van der Waals surface area contributed by atoms with Gasteiger partial charge in [-0.25, -0.2) is 81.5 Å². The van der Waals surface area contributed by atoms with Crippen LogP contribution in [0.1, 0.15) is 131 Å². The van der Waals surface area contributed by atoms with E-state index in [1.807, 2.05) is 53.2 Å². The first kappa shape index (κ1) is 91.7. The summed E-state index contributed by atoms with van der Waals surface area (Å²) in [5.41, 5.74) is 5.28. The first-order valence-electron chi connectivity index (χ1n) is 33.8. The Morgan fingerprint density at radius 2 is 0.838 bits per heavy atom. The molecule has 592 valence electrons. The Morgan fingerprint density at radius 1 is 0.486 bits per heavy atom. The van der Waals surface area contributed by atoms with Gasteiger partial charge in [-0.15, -0.1) is 30.9 Å². The molecule has 0 spiro atoms. The number of piperidine rings is 3. The van der Waals surface area contributed by atoms with Crippen LogP contribution in [-0.4, -0.2) is 197 Å². The molecular weight excluding hydrogens is 1820 g/mol. The predicted molar refractivity (Wildman–Crippen MR) is 442 cm³/mol. The monoisotopic (exact) mass is 1900 g/mol. The fraction of sp³-hybridized carbons (Fsp3) is 0.390. The normalized spacial score (nSPS) is 15.4. The number of terminal acetylenes is 3. The maximum Gasteiger partial charge on any atom is 0.255 e. The Labute approximate surface area is 683 Å².